The molecular weight excluding hydrogens is 434 g/mol. The maximum Gasteiger partial charge on any atom is 0.254 e. The number of aromatic nitrogens is 1. The number of carbonyl (C=O) groups is 2. The molecule has 6 rings (SSSR count). The van der Waals surface area contributed by atoms with Gasteiger partial charge in [0.15, 0.2) is 0 Å². The van der Waals surface area contributed by atoms with E-state index in [-0.39, 0.29) is 17.9 Å². The SMILES string of the molecule is CN1C(=O)c2ccccc2C(C(=O)NC2CCCc3ccccc32)C1c1cn(C)c2ccccc12. The third-order valence-corrected chi connectivity index (χ3v) is 7.79. The summed E-state index contributed by atoms with van der Waals surface area (Å²) >= 11 is 0. The number of hydrogen-bond acceptors (Lipinski definition) is 2. The van der Waals surface area contributed by atoms with Gasteiger partial charge in [0.05, 0.1) is 18.0 Å². The molecule has 1 aromatic heterocycles. The molecule has 0 saturated heterocycles. The van der Waals surface area contributed by atoms with Crippen LogP contribution in [0.2, 0.25) is 0 Å². The quantitative estimate of drug-likeness (QED) is 0.449. The van der Waals surface area contributed by atoms with E-state index in [2.05, 4.69) is 46.4 Å². The summed E-state index contributed by atoms with van der Waals surface area (Å²) in [4.78, 5) is 29.4. The van der Waals surface area contributed by atoms with E-state index in [9.17, 15) is 9.59 Å². The highest BCUT2D eigenvalue weighted by molar-refractivity contribution is 6.02. The van der Waals surface area contributed by atoms with E-state index in [4.69, 9.17) is 0 Å². The average Bonchev–Trinajstić information content (AvgIpc) is 3.22. The number of carbonyl (C=O) groups excluding carboxylic acids is 2. The lowest BCUT2D eigenvalue weighted by Gasteiger charge is -2.40. The van der Waals surface area contributed by atoms with Crippen molar-refractivity contribution in [3.05, 3.63) is 107 Å². The summed E-state index contributed by atoms with van der Waals surface area (Å²) in [5.41, 5.74) is 6.01. The molecule has 176 valence electrons. The predicted octanol–water partition coefficient (Wildman–Crippen LogP) is 5.28. The van der Waals surface area contributed by atoms with Gasteiger partial charge in [0, 0.05) is 42.3 Å². The van der Waals surface area contributed by atoms with Crippen LogP contribution in [0.1, 0.15) is 63.5 Å². The lowest BCUT2D eigenvalue weighted by Crippen LogP contribution is -2.46. The van der Waals surface area contributed by atoms with E-state index in [0.717, 1.165) is 41.3 Å². The highest BCUT2D eigenvalue weighted by Crippen LogP contribution is 2.45. The van der Waals surface area contributed by atoms with Crippen LogP contribution < -0.4 is 5.32 Å². The summed E-state index contributed by atoms with van der Waals surface area (Å²) < 4.78 is 2.08. The first-order valence-corrected chi connectivity index (χ1v) is 12.3. The van der Waals surface area contributed by atoms with Crippen molar-refractivity contribution in [2.45, 2.75) is 37.3 Å². The Kier molecular flexibility index (Phi) is 5.21. The number of para-hydroxylation sites is 1. The number of nitrogens with one attached hydrogen (secondary N) is 1. The van der Waals surface area contributed by atoms with Gasteiger partial charge in [-0.05, 0) is 48.1 Å². The fourth-order valence-corrected chi connectivity index (χ4v) is 6.12. The lowest BCUT2D eigenvalue weighted by atomic mass is 9.78. The van der Waals surface area contributed by atoms with E-state index in [1.807, 2.05) is 56.6 Å². The van der Waals surface area contributed by atoms with Gasteiger partial charge in [-0.3, -0.25) is 9.59 Å². The molecule has 2 heterocycles. The van der Waals surface area contributed by atoms with Crippen molar-refractivity contribution in [2.24, 2.45) is 7.05 Å². The van der Waals surface area contributed by atoms with Crippen molar-refractivity contribution >= 4 is 22.7 Å². The number of nitrogens with zero attached hydrogens (tertiary/aromatic N) is 2. The minimum Gasteiger partial charge on any atom is -0.350 e. The Morgan fingerprint density at radius 3 is 2.46 bits per heavy atom. The van der Waals surface area contributed by atoms with Crippen molar-refractivity contribution < 1.29 is 9.59 Å². The highest BCUT2D eigenvalue weighted by atomic mass is 16.2. The first-order chi connectivity index (χ1) is 17.0. The molecule has 2 aliphatic rings. The lowest BCUT2D eigenvalue weighted by molar-refractivity contribution is -0.125. The molecule has 1 aliphatic carbocycles. The van der Waals surface area contributed by atoms with Crippen molar-refractivity contribution in [3.63, 3.8) is 0 Å². The fourth-order valence-electron chi connectivity index (χ4n) is 6.12. The average molecular weight is 464 g/mol. The molecule has 0 saturated carbocycles. The Hall–Kier alpha value is -3.86. The van der Waals surface area contributed by atoms with Crippen LogP contribution in [-0.4, -0.2) is 28.3 Å². The van der Waals surface area contributed by atoms with Crippen LogP contribution in [-0.2, 0) is 18.3 Å². The first-order valence-electron chi connectivity index (χ1n) is 12.3. The molecule has 0 spiro atoms. The van der Waals surface area contributed by atoms with Crippen molar-refractivity contribution in [1.29, 1.82) is 0 Å². The summed E-state index contributed by atoms with van der Waals surface area (Å²) in [6, 6.07) is 23.7. The highest BCUT2D eigenvalue weighted by Gasteiger charge is 2.44. The van der Waals surface area contributed by atoms with Gasteiger partial charge < -0.3 is 14.8 Å². The van der Waals surface area contributed by atoms with E-state index in [0.29, 0.717) is 5.56 Å². The molecule has 4 aromatic rings. The number of amides is 2. The standard InChI is InChI=1S/C30H29N3O2/c1-32-18-24(21-13-7-8-17-26(21)32)28-27(22-14-5-6-15-23(22)30(35)33(28)2)29(34)31-25-16-9-11-19-10-3-4-12-20(19)25/h3-8,10,12-15,17-18,25,27-28H,9,11,16H2,1-2H3,(H,31,34). The zero-order valence-corrected chi connectivity index (χ0v) is 20.1. The van der Waals surface area contributed by atoms with Crippen molar-refractivity contribution in [2.75, 3.05) is 7.05 Å². The summed E-state index contributed by atoms with van der Waals surface area (Å²) in [5, 5.41) is 4.46. The molecule has 1 N–H and O–H groups in total. The number of rotatable bonds is 3. The van der Waals surface area contributed by atoms with Gasteiger partial charge >= 0.3 is 0 Å². The number of fused-ring (bicyclic) bond motifs is 3. The molecule has 3 unspecified atom stereocenters. The van der Waals surface area contributed by atoms with Crippen LogP contribution in [0.3, 0.4) is 0 Å². The second-order valence-corrected chi connectivity index (χ2v) is 9.79. The van der Waals surface area contributed by atoms with E-state index < -0.39 is 12.0 Å². The van der Waals surface area contributed by atoms with Gasteiger partial charge in [-0.1, -0.05) is 60.7 Å². The van der Waals surface area contributed by atoms with Gasteiger partial charge in [0.2, 0.25) is 5.91 Å². The molecule has 35 heavy (non-hydrogen) atoms. The second kappa shape index (κ2) is 8.42. The number of likely N-dealkylation sites (N-methyl/N-ethyl adjacent to an activating group) is 1. The third kappa shape index (κ3) is 3.45. The second-order valence-electron chi connectivity index (χ2n) is 9.79. The van der Waals surface area contributed by atoms with Crippen LogP contribution in [0.4, 0.5) is 0 Å². The summed E-state index contributed by atoms with van der Waals surface area (Å²) in [7, 11) is 3.83. The van der Waals surface area contributed by atoms with Gasteiger partial charge in [0.25, 0.3) is 5.91 Å². The molecule has 5 heteroatoms. The molecule has 3 aromatic carbocycles. The molecule has 3 atom stereocenters. The summed E-state index contributed by atoms with van der Waals surface area (Å²) in [6.45, 7) is 0. The Labute approximate surface area is 205 Å². The number of aryl methyl sites for hydroxylation is 2. The predicted molar refractivity (Wildman–Crippen MR) is 137 cm³/mol. The number of hydrogen-bond donors (Lipinski definition) is 1. The zero-order valence-electron chi connectivity index (χ0n) is 20.1. The minimum absolute atomic E-state index is 0.0179. The van der Waals surface area contributed by atoms with Gasteiger partial charge in [-0.15, -0.1) is 0 Å². The smallest absolute Gasteiger partial charge is 0.254 e. The van der Waals surface area contributed by atoms with Crippen LogP contribution in [0, 0.1) is 0 Å². The maximum absolute atomic E-state index is 14.2. The van der Waals surface area contributed by atoms with Crippen LogP contribution in [0.5, 0.6) is 0 Å². The number of benzene rings is 3. The van der Waals surface area contributed by atoms with Crippen LogP contribution in [0.15, 0.2) is 79.0 Å². The Bertz CT molecular complexity index is 1450. The van der Waals surface area contributed by atoms with Crippen LogP contribution >= 0.6 is 0 Å². The van der Waals surface area contributed by atoms with Gasteiger partial charge in [-0.25, -0.2) is 0 Å². The molecule has 1 aliphatic heterocycles. The maximum atomic E-state index is 14.2. The minimum atomic E-state index is -0.506. The van der Waals surface area contributed by atoms with Gasteiger partial charge in [0.1, 0.15) is 0 Å². The topological polar surface area (TPSA) is 54.3 Å². The third-order valence-electron chi connectivity index (χ3n) is 7.79. The largest absolute Gasteiger partial charge is 0.350 e. The van der Waals surface area contributed by atoms with Crippen molar-refractivity contribution in [1.82, 2.24) is 14.8 Å². The molecule has 5 nitrogen and oxygen atoms in total. The normalized spacial score (nSPS) is 21.5. The van der Waals surface area contributed by atoms with E-state index in [1.54, 1.807) is 4.90 Å². The Morgan fingerprint density at radius 1 is 0.886 bits per heavy atom. The molecule has 0 bridgehead atoms. The monoisotopic (exact) mass is 463 g/mol. The van der Waals surface area contributed by atoms with Gasteiger partial charge in [-0.2, -0.15) is 0 Å². The molecule has 2 amide bonds. The van der Waals surface area contributed by atoms with E-state index in [1.165, 1.54) is 11.1 Å². The van der Waals surface area contributed by atoms with E-state index >= 15 is 0 Å². The summed E-state index contributed by atoms with van der Waals surface area (Å²) in [5.74, 6) is -0.587. The Morgan fingerprint density at radius 2 is 1.60 bits per heavy atom. The van der Waals surface area contributed by atoms with Crippen LogP contribution in [0.25, 0.3) is 10.9 Å². The fraction of sp³-hybridized carbons (Fsp3) is 0.267. The van der Waals surface area contributed by atoms with Crippen molar-refractivity contribution in [3.8, 4) is 0 Å². The molecule has 0 fully saturated rings. The Balaban J connectivity index is 1.47. The molecule has 0 radical (unpaired) electrons. The first kappa shape index (κ1) is 21.7. The zero-order chi connectivity index (χ0) is 24.1. The summed E-state index contributed by atoms with van der Waals surface area (Å²) in [6.07, 6.45) is 5.09. The molecular formula is C30H29N3O2.